The Balaban J connectivity index is 1.57. The molecule has 172 valence electrons. The van der Waals surface area contributed by atoms with Crippen molar-refractivity contribution in [1.82, 2.24) is 0 Å². The number of methoxy groups -OCH3 is 1. The van der Waals surface area contributed by atoms with Crippen LogP contribution in [0.3, 0.4) is 0 Å². The van der Waals surface area contributed by atoms with Crippen LogP contribution in [-0.4, -0.2) is 32.8 Å². The van der Waals surface area contributed by atoms with Gasteiger partial charge < -0.3 is 9.47 Å². The fourth-order valence-corrected chi connectivity index (χ4v) is 4.29. The van der Waals surface area contributed by atoms with Gasteiger partial charge in [-0.05, 0) is 58.0 Å². The van der Waals surface area contributed by atoms with Gasteiger partial charge in [0, 0.05) is 29.3 Å². The van der Waals surface area contributed by atoms with Gasteiger partial charge in [0.1, 0.15) is 6.61 Å². The summed E-state index contributed by atoms with van der Waals surface area (Å²) in [6, 6.07) is 19.5. The van der Waals surface area contributed by atoms with E-state index in [-0.39, 0.29) is 18.9 Å². The van der Waals surface area contributed by atoms with Gasteiger partial charge in [-0.15, -0.1) is 0 Å². The summed E-state index contributed by atoms with van der Waals surface area (Å²) in [7, 11) is 2.88. The number of carbonyl (C=O) groups is 2. The molecule has 0 bridgehead atoms. The Morgan fingerprint density at radius 2 is 1.68 bits per heavy atom. The fraction of sp³-hybridized carbons (Fsp3) is 0.231. The van der Waals surface area contributed by atoms with Crippen LogP contribution in [0.1, 0.15) is 28.2 Å². The predicted molar refractivity (Wildman–Crippen MR) is 129 cm³/mol. The van der Waals surface area contributed by atoms with E-state index in [4.69, 9.17) is 15.0 Å². The van der Waals surface area contributed by atoms with Gasteiger partial charge in [-0.25, -0.2) is 4.79 Å². The molecule has 0 saturated heterocycles. The summed E-state index contributed by atoms with van der Waals surface area (Å²) in [6.45, 7) is 1.93. The highest BCUT2D eigenvalue weighted by molar-refractivity contribution is 5.89. The molecule has 0 aromatic heterocycles. The highest BCUT2D eigenvalue weighted by atomic mass is 16.6. The topological polar surface area (TPSA) is 105 Å². The Bertz CT molecular complexity index is 1270. The number of rotatable bonds is 6. The van der Waals surface area contributed by atoms with E-state index in [1.54, 1.807) is 26.1 Å². The van der Waals surface area contributed by atoms with Crippen molar-refractivity contribution in [2.75, 3.05) is 25.7 Å². The predicted octanol–water partition coefficient (Wildman–Crippen LogP) is 6.04. The Labute approximate surface area is 197 Å². The fourth-order valence-electron chi connectivity index (χ4n) is 4.29. The maximum atomic E-state index is 13.0. The lowest BCUT2D eigenvalue weighted by atomic mass is 9.98. The first kappa shape index (κ1) is 22.9. The molecule has 0 aliphatic heterocycles. The number of azide groups is 1. The van der Waals surface area contributed by atoms with Crippen LogP contribution >= 0.6 is 0 Å². The minimum absolute atomic E-state index is 0.0113. The molecule has 0 unspecified atom stereocenters. The van der Waals surface area contributed by atoms with Crippen LogP contribution < -0.4 is 4.90 Å². The molecule has 0 saturated carbocycles. The third kappa shape index (κ3) is 4.31. The van der Waals surface area contributed by atoms with Crippen molar-refractivity contribution in [3.63, 3.8) is 0 Å². The first-order valence-corrected chi connectivity index (χ1v) is 10.8. The Morgan fingerprint density at radius 3 is 2.26 bits per heavy atom. The van der Waals surface area contributed by atoms with Crippen LogP contribution in [0.15, 0.2) is 65.8 Å². The maximum absolute atomic E-state index is 13.0. The van der Waals surface area contributed by atoms with Crippen LogP contribution in [0.5, 0.6) is 0 Å². The highest BCUT2D eigenvalue weighted by Gasteiger charge is 2.29. The molecule has 1 amide bonds. The highest BCUT2D eigenvalue weighted by Crippen LogP contribution is 2.44. The normalized spacial score (nSPS) is 11.7. The number of hydrogen-bond donors (Lipinski definition) is 0. The number of ether oxygens (including phenoxy) is 2. The molecule has 3 aromatic carbocycles. The van der Waals surface area contributed by atoms with E-state index in [0.29, 0.717) is 22.5 Å². The average molecular weight is 457 g/mol. The lowest BCUT2D eigenvalue weighted by molar-refractivity contribution is -0.139. The molecule has 34 heavy (non-hydrogen) atoms. The zero-order valence-electron chi connectivity index (χ0n) is 19.2. The van der Waals surface area contributed by atoms with Crippen molar-refractivity contribution in [2.24, 2.45) is 5.11 Å². The largest absolute Gasteiger partial charge is 0.469 e. The Hall–Kier alpha value is -4.29. The van der Waals surface area contributed by atoms with Crippen LogP contribution in [0.4, 0.5) is 16.2 Å². The Kier molecular flexibility index (Phi) is 6.52. The standard InChI is InChI=1S/C26H24N4O4/c1-16-17(13-25(31)33-3)12-18(14-24(16)28-29-27)30(2)26(32)34-15-23-21-10-6-4-8-19(21)20-9-5-7-11-22(20)23/h4-12,14,23H,13,15H2,1-3H3. The average Bonchev–Trinajstić information content (AvgIpc) is 3.18. The Morgan fingerprint density at radius 1 is 1.06 bits per heavy atom. The molecular weight excluding hydrogens is 432 g/mol. The van der Waals surface area contributed by atoms with Crippen molar-refractivity contribution in [1.29, 1.82) is 0 Å². The van der Waals surface area contributed by atoms with Gasteiger partial charge >= 0.3 is 12.1 Å². The molecule has 0 heterocycles. The SMILES string of the molecule is COC(=O)Cc1cc(N(C)C(=O)OCC2c3ccccc3-c3ccccc32)cc(N=[N+]=[N-])c1C. The molecule has 0 atom stereocenters. The van der Waals surface area contributed by atoms with Crippen molar-refractivity contribution in [3.05, 3.63) is 93.4 Å². The molecule has 0 fully saturated rings. The van der Waals surface area contributed by atoms with Gasteiger partial charge in [0.15, 0.2) is 0 Å². The first-order valence-electron chi connectivity index (χ1n) is 10.8. The summed E-state index contributed by atoms with van der Waals surface area (Å²) in [4.78, 5) is 29.0. The molecule has 1 aliphatic rings. The van der Waals surface area contributed by atoms with Gasteiger partial charge in [-0.3, -0.25) is 9.69 Å². The maximum Gasteiger partial charge on any atom is 0.414 e. The van der Waals surface area contributed by atoms with Crippen molar-refractivity contribution < 1.29 is 19.1 Å². The summed E-state index contributed by atoms with van der Waals surface area (Å²) in [5, 5.41) is 3.71. The minimum Gasteiger partial charge on any atom is -0.469 e. The number of hydrogen-bond acceptors (Lipinski definition) is 5. The summed E-state index contributed by atoms with van der Waals surface area (Å²) < 4.78 is 10.5. The third-order valence-electron chi connectivity index (χ3n) is 6.18. The van der Waals surface area contributed by atoms with E-state index in [9.17, 15) is 9.59 Å². The van der Waals surface area contributed by atoms with E-state index in [1.165, 1.54) is 12.0 Å². The van der Waals surface area contributed by atoms with Crippen LogP contribution in [0, 0.1) is 6.92 Å². The van der Waals surface area contributed by atoms with Crippen molar-refractivity contribution in [2.45, 2.75) is 19.3 Å². The van der Waals surface area contributed by atoms with Crippen LogP contribution in [0.25, 0.3) is 21.6 Å². The number of nitrogens with zero attached hydrogens (tertiary/aromatic N) is 4. The zero-order valence-corrected chi connectivity index (χ0v) is 19.2. The smallest absolute Gasteiger partial charge is 0.414 e. The summed E-state index contributed by atoms with van der Waals surface area (Å²) in [5.74, 6) is -0.493. The van der Waals surface area contributed by atoms with Gasteiger partial charge in [0.2, 0.25) is 0 Å². The van der Waals surface area contributed by atoms with Gasteiger partial charge in [-0.1, -0.05) is 53.6 Å². The number of fused-ring (bicyclic) bond motifs is 3. The van der Waals surface area contributed by atoms with E-state index in [1.807, 2.05) is 24.3 Å². The number of anilines is 1. The lowest BCUT2D eigenvalue weighted by Gasteiger charge is -2.21. The molecule has 1 aliphatic carbocycles. The number of carbonyl (C=O) groups excluding carboxylic acids is 2. The van der Waals surface area contributed by atoms with Gasteiger partial charge in [0.05, 0.1) is 13.5 Å². The van der Waals surface area contributed by atoms with E-state index in [0.717, 1.165) is 22.3 Å². The number of esters is 1. The summed E-state index contributed by atoms with van der Waals surface area (Å²) >= 11 is 0. The molecular formula is C26H24N4O4. The van der Waals surface area contributed by atoms with Crippen LogP contribution in [0.2, 0.25) is 0 Å². The second kappa shape index (κ2) is 9.68. The molecule has 0 N–H and O–H groups in total. The molecule has 0 spiro atoms. The molecule has 3 aromatic rings. The summed E-state index contributed by atoms with van der Waals surface area (Å²) in [5.41, 5.74) is 15.5. The molecule has 8 heteroatoms. The summed E-state index contributed by atoms with van der Waals surface area (Å²) in [6.07, 6.45) is -0.565. The minimum atomic E-state index is -0.554. The second-order valence-electron chi connectivity index (χ2n) is 8.05. The van der Waals surface area contributed by atoms with Crippen molar-refractivity contribution in [3.8, 4) is 11.1 Å². The van der Waals surface area contributed by atoms with E-state index < -0.39 is 12.1 Å². The molecule has 0 radical (unpaired) electrons. The monoisotopic (exact) mass is 456 g/mol. The van der Waals surface area contributed by atoms with Crippen molar-refractivity contribution >= 4 is 23.4 Å². The van der Waals surface area contributed by atoms with E-state index >= 15 is 0 Å². The molecule has 8 nitrogen and oxygen atoms in total. The number of amides is 1. The quantitative estimate of drug-likeness (QED) is 0.195. The lowest BCUT2D eigenvalue weighted by Crippen LogP contribution is -2.28. The van der Waals surface area contributed by atoms with Gasteiger partial charge in [-0.2, -0.15) is 0 Å². The van der Waals surface area contributed by atoms with E-state index in [2.05, 4.69) is 34.3 Å². The third-order valence-corrected chi connectivity index (χ3v) is 6.18. The van der Waals surface area contributed by atoms with Gasteiger partial charge in [0.25, 0.3) is 0 Å². The second-order valence-corrected chi connectivity index (χ2v) is 8.05. The zero-order chi connectivity index (χ0) is 24.2. The number of benzene rings is 3. The molecule has 4 rings (SSSR count). The van der Waals surface area contributed by atoms with Crippen LogP contribution in [-0.2, 0) is 20.7 Å². The first-order chi connectivity index (χ1) is 16.4.